The fraction of sp³-hybridized carbons (Fsp3) is 0.741. The first kappa shape index (κ1) is 30.4. The Bertz CT molecular complexity index is 900. The van der Waals surface area contributed by atoms with Crippen LogP contribution in [0.5, 0.6) is 0 Å². The highest BCUT2D eigenvalue weighted by molar-refractivity contribution is 7.76. The number of aromatic nitrogens is 1. The Labute approximate surface area is 230 Å². The predicted octanol–water partition coefficient (Wildman–Crippen LogP) is 3.55. The first-order valence-electron chi connectivity index (χ1n) is 14.1. The second-order valence-corrected chi connectivity index (χ2v) is 11.2. The molecular weight excluding hydrogens is 502 g/mol. The fourth-order valence-electron chi connectivity index (χ4n) is 5.83. The second-order valence-electron chi connectivity index (χ2n) is 10.4. The SMILES string of the molecule is N#CN=C(N)N(CCCCCCCN(S(=O)[O-])C1(CCCN2CCOCC2)CCCCC1)c1ccncc1. The minimum atomic E-state index is -2.21. The summed E-state index contributed by atoms with van der Waals surface area (Å²) in [6.45, 7) is 5.81. The highest BCUT2D eigenvalue weighted by atomic mass is 32.2. The second kappa shape index (κ2) is 16.8. The van der Waals surface area contributed by atoms with E-state index in [1.165, 1.54) is 6.42 Å². The molecule has 10 nitrogen and oxygen atoms in total. The normalized spacial score (nSPS) is 19.2. The Balaban J connectivity index is 1.44. The molecule has 2 heterocycles. The quantitative estimate of drug-likeness (QED) is 0.116. The third-order valence-corrected chi connectivity index (χ3v) is 8.80. The highest BCUT2D eigenvalue weighted by Gasteiger charge is 2.38. The van der Waals surface area contributed by atoms with Gasteiger partial charge in [0.05, 0.1) is 13.2 Å². The molecule has 1 unspecified atom stereocenters. The van der Waals surface area contributed by atoms with Gasteiger partial charge in [0.15, 0.2) is 0 Å². The number of hydrogen-bond acceptors (Lipinski definition) is 7. The molecule has 1 saturated carbocycles. The summed E-state index contributed by atoms with van der Waals surface area (Å²) in [7, 11) is 0. The van der Waals surface area contributed by atoms with Gasteiger partial charge in [-0.3, -0.25) is 14.1 Å². The number of guanidine groups is 1. The number of nitrogens with two attached hydrogens (primary N) is 1. The Morgan fingerprint density at radius 1 is 1.11 bits per heavy atom. The maximum absolute atomic E-state index is 12.4. The van der Waals surface area contributed by atoms with E-state index in [0.717, 1.165) is 109 Å². The molecule has 0 amide bonds. The number of hydrogen-bond donors (Lipinski definition) is 1. The van der Waals surface area contributed by atoms with Crippen molar-refractivity contribution >= 4 is 22.9 Å². The zero-order valence-corrected chi connectivity index (χ0v) is 23.5. The molecule has 3 rings (SSSR count). The summed E-state index contributed by atoms with van der Waals surface area (Å²) in [6, 6.07) is 3.69. The van der Waals surface area contributed by atoms with Crippen molar-refractivity contribution in [1.82, 2.24) is 14.2 Å². The van der Waals surface area contributed by atoms with Gasteiger partial charge in [0.2, 0.25) is 12.2 Å². The van der Waals surface area contributed by atoms with Gasteiger partial charge in [-0.25, -0.2) is 4.31 Å². The van der Waals surface area contributed by atoms with E-state index in [-0.39, 0.29) is 11.5 Å². The molecule has 1 saturated heterocycles. The number of unbranched alkanes of at least 4 members (excludes halogenated alkanes) is 4. The molecule has 0 spiro atoms. The van der Waals surface area contributed by atoms with Crippen LogP contribution in [0.4, 0.5) is 5.69 Å². The van der Waals surface area contributed by atoms with Gasteiger partial charge in [-0.05, 0) is 57.2 Å². The van der Waals surface area contributed by atoms with Crippen molar-refractivity contribution < 1.29 is 13.5 Å². The van der Waals surface area contributed by atoms with E-state index in [1.807, 2.05) is 17.0 Å². The van der Waals surface area contributed by atoms with Crippen molar-refractivity contribution in [3.8, 4) is 6.19 Å². The summed E-state index contributed by atoms with van der Waals surface area (Å²) in [6.07, 6.45) is 17.2. The van der Waals surface area contributed by atoms with Crippen LogP contribution in [-0.4, -0.2) is 80.4 Å². The summed E-state index contributed by atoms with van der Waals surface area (Å²) >= 11 is -2.21. The zero-order valence-electron chi connectivity index (χ0n) is 22.6. The maximum Gasteiger partial charge on any atom is 0.211 e. The van der Waals surface area contributed by atoms with Crippen molar-refractivity contribution in [3.05, 3.63) is 24.5 Å². The minimum absolute atomic E-state index is 0.179. The van der Waals surface area contributed by atoms with Gasteiger partial charge in [0.25, 0.3) is 0 Å². The average molecular weight is 547 g/mol. The fourth-order valence-corrected chi connectivity index (χ4v) is 6.70. The van der Waals surface area contributed by atoms with Gasteiger partial charge in [-0.1, -0.05) is 38.5 Å². The molecule has 1 aromatic rings. The van der Waals surface area contributed by atoms with Gasteiger partial charge in [-0.15, -0.1) is 4.99 Å². The number of nitrogens with zero attached hydrogens (tertiary/aromatic N) is 6. The standard InChI is InChI=1S/C27H45N7O3S/c28-24-31-26(29)33(25-10-15-30-16-11-25)18-7-2-1-3-8-19-34(38(35)36)27(12-5-4-6-13-27)14-9-17-32-20-22-37-23-21-32/h10-11,15-16H,1-9,12-14,17-23H2,(H2,29,31)(H,35,36)/p-1. The summed E-state index contributed by atoms with van der Waals surface area (Å²) in [5.74, 6) is 0.179. The lowest BCUT2D eigenvalue weighted by Gasteiger charge is -2.47. The van der Waals surface area contributed by atoms with Crippen LogP contribution in [0.1, 0.15) is 77.0 Å². The zero-order chi connectivity index (χ0) is 27.1. The molecule has 2 fully saturated rings. The van der Waals surface area contributed by atoms with E-state index in [4.69, 9.17) is 15.7 Å². The van der Waals surface area contributed by atoms with Crippen LogP contribution in [-0.2, 0) is 16.0 Å². The minimum Gasteiger partial charge on any atom is -0.760 e. The van der Waals surface area contributed by atoms with Crippen molar-refractivity contribution in [3.63, 3.8) is 0 Å². The van der Waals surface area contributed by atoms with E-state index >= 15 is 0 Å². The molecule has 1 aliphatic heterocycles. The number of morpholine rings is 1. The summed E-state index contributed by atoms with van der Waals surface area (Å²) < 4.78 is 32.1. The third kappa shape index (κ3) is 9.58. The van der Waals surface area contributed by atoms with Gasteiger partial charge >= 0.3 is 0 Å². The number of ether oxygens (including phenoxy) is 1. The first-order valence-corrected chi connectivity index (χ1v) is 15.2. The van der Waals surface area contributed by atoms with Crippen molar-refractivity contribution in [2.75, 3.05) is 50.8 Å². The van der Waals surface area contributed by atoms with E-state index in [1.54, 1.807) is 22.9 Å². The molecule has 1 atom stereocenters. The van der Waals surface area contributed by atoms with Crippen LogP contribution < -0.4 is 10.6 Å². The van der Waals surface area contributed by atoms with Crippen molar-refractivity contribution in [2.24, 2.45) is 10.7 Å². The van der Waals surface area contributed by atoms with Crippen LogP contribution in [0.3, 0.4) is 0 Å². The van der Waals surface area contributed by atoms with E-state index < -0.39 is 11.3 Å². The van der Waals surface area contributed by atoms with Gasteiger partial charge in [0.1, 0.15) is 0 Å². The summed E-state index contributed by atoms with van der Waals surface area (Å²) in [5, 5.41) is 8.89. The molecule has 0 radical (unpaired) electrons. The summed E-state index contributed by atoms with van der Waals surface area (Å²) in [4.78, 5) is 12.0. The van der Waals surface area contributed by atoms with Crippen LogP contribution in [0.2, 0.25) is 0 Å². The van der Waals surface area contributed by atoms with E-state index in [2.05, 4.69) is 14.9 Å². The van der Waals surface area contributed by atoms with Gasteiger partial charge < -0.3 is 19.9 Å². The number of aliphatic imine (C=N–C) groups is 1. The molecular formula is C27H44N7O3S-. The average Bonchev–Trinajstić information content (AvgIpc) is 2.93. The molecule has 38 heavy (non-hydrogen) atoms. The van der Waals surface area contributed by atoms with Crippen LogP contribution in [0, 0.1) is 11.5 Å². The maximum atomic E-state index is 12.4. The number of anilines is 1. The van der Waals surface area contributed by atoms with Gasteiger partial charge in [0, 0.05) is 61.1 Å². The molecule has 0 aromatic carbocycles. The van der Waals surface area contributed by atoms with Crippen molar-refractivity contribution in [1.29, 1.82) is 5.26 Å². The Morgan fingerprint density at radius 2 is 1.76 bits per heavy atom. The lowest BCUT2D eigenvalue weighted by Crippen LogP contribution is -2.51. The van der Waals surface area contributed by atoms with E-state index in [9.17, 15) is 8.76 Å². The number of pyridine rings is 1. The largest absolute Gasteiger partial charge is 0.760 e. The smallest absolute Gasteiger partial charge is 0.211 e. The Kier molecular flexibility index (Phi) is 13.4. The Morgan fingerprint density at radius 3 is 2.42 bits per heavy atom. The van der Waals surface area contributed by atoms with Crippen LogP contribution >= 0.6 is 0 Å². The number of rotatable bonds is 15. The van der Waals surface area contributed by atoms with Crippen LogP contribution in [0.15, 0.2) is 29.5 Å². The topological polar surface area (TPSA) is 134 Å². The molecule has 1 aromatic heterocycles. The molecule has 212 valence electrons. The summed E-state index contributed by atoms with van der Waals surface area (Å²) in [5.41, 5.74) is 6.64. The molecule has 1 aliphatic carbocycles. The first-order chi connectivity index (χ1) is 18.6. The Hall–Kier alpha value is -2.10. The van der Waals surface area contributed by atoms with Gasteiger partial charge in [-0.2, -0.15) is 5.26 Å². The molecule has 11 heteroatoms. The molecule has 2 N–H and O–H groups in total. The predicted molar refractivity (Wildman–Crippen MR) is 150 cm³/mol. The van der Waals surface area contributed by atoms with Crippen LogP contribution in [0.25, 0.3) is 0 Å². The molecule has 2 aliphatic rings. The lowest BCUT2D eigenvalue weighted by molar-refractivity contribution is 0.0333. The van der Waals surface area contributed by atoms with Crippen molar-refractivity contribution in [2.45, 2.75) is 82.6 Å². The molecule has 0 bridgehead atoms. The number of nitriles is 1. The van der Waals surface area contributed by atoms with E-state index in [0.29, 0.717) is 13.1 Å². The highest BCUT2D eigenvalue weighted by Crippen LogP contribution is 2.38. The monoisotopic (exact) mass is 546 g/mol. The lowest BCUT2D eigenvalue weighted by atomic mass is 9.78. The third-order valence-electron chi connectivity index (χ3n) is 7.87.